The molecule has 0 aliphatic rings. The van der Waals surface area contributed by atoms with Crippen molar-refractivity contribution in [3.05, 3.63) is 69.8 Å². The molecule has 0 saturated heterocycles. The van der Waals surface area contributed by atoms with E-state index in [-0.39, 0.29) is 0 Å². The third-order valence-corrected chi connectivity index (χ3v) is 5.95. The summed E-state index contributed by atoms with van der Waals surface area (Å²) in [6, 6.07) is 14.4. The van der Waals surface area contributed by atoms with Crippen LogP contribution in [0.5, 0.6) is 0 Å². The second kappa shape index (κ2) is 6.71. The Morgan fingerprint density at radius 3 is 2.50 bits per heavy atom. The first kappa shape index (κ1) is 17.0. The molecular weight excluding hydrogens is 362 g/mol. The molecular formula is C21H18ClN3S. The van der Waals surface area contributed by atoms with E-state index < -0.39 is 0 Å². The Hall–Kier alpha value is -2.43. The topological polar surface area (TPSA) is 37.8 Å². The van der Waals surface area contributed by atoms with Gasteiger partial charge in [0.25, 0.3) is 0 Å². The molecule has 2 heterocycles. The van der Waals surface area contributed by atoms with Crippen molar-refractivity contribution < 1.29 is 0 Å². The highest BCUT2D eigenvalue weighted by Gasteiger charge is 2.17. The maximum Gasteiger partial charge on any atom is 0.143 e. The Kier molecular flexibility index (Phi) is 4.39. The molecule has 3 nitrogen and oxygen atoms in total. The number of thiophene rings is 1. The molecule has 2 aromatic heterocycles. The molecule has 0 aliphatic heterocycles. The molecule has 0 fully saturated rings. The van der Waals surface area contributed by atoms with Crippen LogP contribution in [0.4, 0.5) is 11.5 Å². The van der Waals surface area contributed by atoms with E-state index in [0.29, 0.717) is 0 Å². The van der Waals surface area contributed by atoms with Crippen molar-refractivity contribution in [3.63, 3.8) is 0 Å². The number of aromatic nitrogens is 2. The predicted octanol–water partition coefficient (Wildman–Crippen LogP) is 6.68. The summed E-state index contributed by atoms with van der Waals surface area (Å²) in [4.78, 5) is 11.2. The molecule has 0 atom stereocenters. The molecule has 0 bridgehead atoms. The highest BCUT2D eigenvalue weighted by atomic mass is 35.5. The summed E-state index contributed by atoms with van der Waals surface area (Å²) in [5.74, 6) is 0.806. The van der Waals surface area contributed by atoms with Gasteiger partial charge in [0.05, 0.1) is 5.39 Å². The summed E-state index contributed by atoms with van der Waals surface area (Å²) in [5, 5.41) is 5.25. The molecule has 0 spiro atoms. The fourth-order valence-electron chi connectivity index (χ4n) is 3.08. The van der Waals surface area contributed by atoms with E-state index in [0.717, 1.165) is 32.3 Å². The second-order valence-corrected chi connectivity index (χ2v) is 7.95. The Morgan fingerprint density at radius 1 is 0.962 bits per heavy atom. The third kappa shape index (κ3) is 2.96. The van der Waals surface area contributed by atoms with Gasteiger partial charge in [-0.25, -0.2) is 9.97 Å². The van der Waals surface area contributed by atoms with Crippen LogP contribution in [-0.2, 0) is 0 Å². The van der Waals surface area contributed by atoms with Crippen molar-refractivity contribution in [2.75, 3.05) is 5.32 Å². The summed E-state index contributed by atoms with van der Waals surface area (Å²) in [7, 11) is 0. The average Bonchev–Trinajstić information content (AvgIpc) is 2.97. The number of hydrogen-bond acceptors (Lipinski definition) is 4. The van der Waals surface area contributed by atoms with Crippen molar-refractivity contribution in [2.45, 2.75) is 20.8 Å². The summed E-state index contributed by atoms with van der Waals surface area (Å²) in [6.45, 7) is 6.24. The number of benzene rings is 2. The first-order valence-electron chi connectivity index (χ1n) is 8.38. The van der Waals surface area contributed by atoms with Gasteiger partial charge in [0, 0.05) is 21.2 Å². The maximum absolute atomic E-state index is 6.27. The van der Waals surface area contributed by atoms with Crippen molar-refractivity contribution in [1.82, 2.24) is 9.97 Å². The van der Waals surface area contributed by atoms with E-state index >= 15 is 0 Å². The van der Waals surface area contributed by atoms with Crippen LogP contribution in [-0.4, -0.2) is 9.97 Å². The van der Waals surface area contributed by atoms with Crippen molar-refractivity contribution >= 4 is 44.7 Å². The summed E-state index contributed by atoms with van der Waals surface area (Å²) < 4.78 is 0. The molecule has 4 rings (SSSR count). The minimum atomic E-state index is 0.737. The minimum Gasteiger partial charge on any atom is -0.339 e. The third-order valence-electron chi connectivity index (χ3n) is 4.53. The Bertz CT molecular complexity index is 1100. The van der Waals surface area contributed by atoms with Gasteiger partial charge in [0.15, 0.2) is 0 Å². The molecule has 0 unspecified atom stereocenters. The largest absolute Gasteiger partial charge is 0.339 e. The van der Waals surface area contributed by atoms with Crippen LogP contribution in [0.1, 0.15) is 16.0 Å². The van der Waals surface area contributed by atoms with Gasteiger partial charge in [-0.05, 0) is 44.0 Å². The van der Waals surface area contributed by atoms with E-state index in [4.69, 9.17) is 11.6 Å². The molecule has 26 heavy (non-hydrogen) atoms. The number of anilines is 2. The van der Waals surface area contributed by atoms with Crippen LogP contribution in [0.3, 0.4) is 0 Å². The van der Waals surface area contributed by atoms with Crippen LogP contribution >= 0.6 is 22.9 Å². The smallest absolute Gasteiger partial charge is 0.143 e. The Labute approximate surface area is 161 Å². The van der Waals surface area contributed by atoms with Crippen LogP contribution in [0.25, 0.3) is 21.3 Å². The summed E-state index contributed by atoms with van der Waals surface area (Å²) in [5.41, 5.74) is 5.57. The first-order chi connectivity index (χ1) is 12.5. The first-order valence-corrected chi connectivity index (χ1v) is 9.57. The number of hydrogen-bond donors (Lipinski definition) is 1. The molecule has 0 amide bonds. The Balaban J connectivity index is 1.91. The standard InChI is InChI=1S/C21H18ClN3S/c1-12-7-9-15(10-8-12)18-14(3)26-21-19(18)20(23-11-24-21)25-17-6-4-5-16(22)13(17)2/h4-11H,1-3H3,(H,23,24,25). The number of halogens is 1. The highest BCUT2D eigenvalue weighted by Crippen LogP contribution is 2.41. The van der Waals surface area contributed by atoms with Crippen LogP contribution in [0.2, 0.25) is 5.02 Å². The zero-order valence-electron chi connectivity index (χ0n) is 14.8. The van der Waals surface area contributed by atoms with Gasteiger partial charge in [-0.15, -0.1) is 11.3 Å². The lowest BCUT2D eigenvalue weighted by Crippen LogP contribution is -1.98. The zero-order valence-corrected chi connectivity index (χ0v) is 16.4. The van der Waals surface area contributed by atoms with E-state index in [9.17, 15) is 0 Å². The van der Waals surface area contributed by atoms with E-state index in [2.05, 4.69) is 53.4 Å². The molecule has 0 saturated carbocycles. The normalized spacial score (nSPS) is 11.1. The predicted molar refractivity (Wildman–Crippen MR) is 112 cm³/mol. The number of rotatable bonds is 3. The molecule has 2 aromatic carbocycles. The van der Waals surface area contributed by atoms with E-state index in [1.165, 1.54) is 21.6 Å². The molecule has 4 aromatic rings. The van der Waals surface area contributed by atoms with E-state index in [1.54, 1.807) is 17.7 Å². The quantitative estimate of drug-likeness (QED) is 0.431. The van der Waals surface area contributed by atoms with Gasteiger partial charge in [-0.3, -0.25) is 0 Å². The second-order valence-electron chi connectivity index (χ2n) is 6.34. The molecule has 0 aliphatic carbocycles. The number of nitrogens with one attached hydrogen (secondary N) is 1. The summed E-state index contributed by atoms with van der Waals surface area (Å²) in [6.07, 6.45) is 1.61. The fourth-order valence-corrected chi connectivity index (χ4v) is 4.26. The molecule has 1 N–H and O–H groups in total. The highest BCUT2D eigenvalue weighted by molar-refractivity contribution is 7.19. The van der Waals surface area contributed by atoms with Crippen LogP contribution in [0.15, 0.2) is 48.8 Å². The SMILES string of the molecule is Cc1ccc(-c2c(C)sc3ncnc(Nc4cccc(Cl)c4C)c23)cc1. The summed E-state index contributed by atoms with van der Waals surface area (Å²) >= 11 is 7.97. The zero-order chi connectivity index (χ0) is 18.3. The maximum atomic E-state index is 6.27. The van der Waals surface area contributed by atoms with Crippen molar-refractivity contribution in [2.24, 2.45) is 0 Å². The van der Waals surface area contributed by atoms with Gasteiger partial charge >= 0.3 is 0 Å². The number of aryl methyl sites for hydroxylation is 2. The fraction of sp³-hybridized carbons (Fsp3) is 0.143. The average molecular weight is 380 g/mol. The van der Waals surface area contributed by atoms with Crippen LogP contribution < -0.4 is 5.32 Å². The van der Waals surface area contributed by atoms with Gasteiger partial charge < -0.3 is 5.32 Å². The Morgan fingerprint density at radius 2 is 1.73 bits per heavy atom. The van der Waals surface area contributed by atoms with Gasteiger partial charge in [0.2, 0.25) is 0 Å². The lowest BCUT2D eigenvalue weighted by atomic mass is 10.0. The minimum absolute atomic E-state index is 0.737. The molecule has 5 heteroatoms. The van der Waals surface area contributed by atoms with Gasteiger partial charge in [-0.1, -0.05) is 47.5 Å². The lowest BCUT2D eigenvalue weighted by Gasteiger charge is -2.12. The number of fused-ring (bicyclic) bond motifs is 1. The molecule has 130 valence electrons. The van der Waals surface area contributed by atoms with Crippen LogP contribution in [0, 0.1) is 20.8 Å². The van der Waals surface area contributed by atoms with Gasteiger partial charge in [-0.2, -0.15) is 0 Å². The monoisotopic (exact) mass is 379 g/mol. The van der Waals surface area contributed by atoms with Gasteiger partial charge in [0.1, 0.15) is 17.0 Å². The van der Waals surface area contributed by atoms with Crippen molar-refractivity contribution in [1.29, 1.82) is 0 Å². The lowest BCUT2D eigenvalue weighted by molar-refractivity contribution is 1.23. The van der Waals surface area contributed by atoms with Crippen molar-refractivity contribution in [3.8, 4) is 11.1 Å². The number of nitrogens with zero attached hydrogens (tertiary/aromatic N) is 2. The molecule has 0 radical (unpaired) electrons. The van der Waals surface area contributed by atoms with E-state index in [1.807, 2.05) is 25.1 Å².